The van der Waals surface area contributed by atoms with E-state index in [1.54, 1.807) is 11.1 Å². The van der Waals surface area contributed by atoms with Gasteiger partial charge >= 0.3 is 0 Å². The number of fused-ring (bicyclic) bond motifs is 9. The van der Waals surface area contributed by atoms with Crippen molar-refractivity contribution in [2.24, 2.45) is 0 Å². The van der Waals surface area contributed by atoms with Crippen molar-refractivity contribution in [1.82, 2.24) is 0 Å². The molecule has 0 saturated heterocycles. The van der Waals surface area contributed by atoms with Crippen LogP contribution in [0.25, 0.3) is 22.3 Å². The molecular formula is C29H24N+. The maximum Gasteiger partial charge on any atom is 0.194 e. The fourth-order valence-electron chi connectivity index (χ4n) is 6.64. The van der Waals surface area contributed by atoms with Crippen molar-refractivity contribution < 1.29 is 4.57 Å². The molecule has 1 nitrogen and oxygen atoms in total. The van der Waals surface area contributed by atoms with Crippen LogP contribution in [0.5, 0.6) is 0 Å². The molecule has 1 heteroatoms. The highest BCUT2D eigenvalue weighted by atomic mass is 15.1. The van der Waals surface area contributed by atoms with E-state index >= 15 is 0 Å². The normalized spacial score (nSPS) is 18.3. The molecule has 144 valence electrons. The van der Waals surface area contributed by atoms with Crippen molar-refractivity contribution in [2.75, 3.05) is 0 Å². The van der Waals surface area contributed by atoms with Gasteiger partial charge in [-0.2, -0.15) is 4.57 Å². The molecule has 0 amide bonds. The minimum atomic E-state index is -0.0588. The third kappa shape index (κ3) is 1.78. The molecule has 2 aliphatic carbocycles. The van der Waals surface area contributed by atoms with E-state index in [0.29, 0.717) is 5.92 Å². The Hall–Kier alpha value is -3.19. The van der Waals surface area contributed by atoms with Crippen LogP contribution in [0, 0.1) is 6.92 Å². The molecule has 3 aliphatic rings. The van der Waals surface area contributed by atoms with Crippen molar-refractivity contribution in [3.63, 3.8) is 0 Å². The predicted molar refractivity (Wildman–Crippen MR) is 121 cm³/mol. The average molecular weight is 387 g/mol. The molecular weight excluding hydrogens is 362 g/mol. The van der Waals surface area contributed by atoms with Crippen molar-refractivity contribution in [1.29, 1.82) is 0 Å². The lowest BCUT2D eigenvalue weighted by atomic mass is 9.75. The van der Waals surface area contributed by atoms with E-state index in [-0.39, 0.29) is 5.54 Å². The van der Waals surface area contributed by atoms with Gasteiger partial charge in [0.15, 0.2) is 17.4 Å². The monoisotopic (exact) mass is 386 g/mol. The number of nitrogens with zero attached hydrogens (tertiary/aromatic N) is 1. The summed E-state index contributed by atoms with van der Waals surface area (Å²) in [6.07, 6.45) is 3.32. The van der Waals surface area contributed by atoms with Crippen molar-refractivity contribution in [2.45, 2.75) is 38.6 Å². The molecule has 0 spiro atoms. The van der Waals surface area contributed by atoms with Crippen LogP contribution in [0.4, 0.5) is 0 Å². The van der Waals surface area contributed by atoms with Crippen LogP contribution >= 0.6 is 0 Å². The molecule has 2 heterocycles. The number of aromatic nitrogens is 1. The van der Waals surface area contributed by atoms with E-state index in [1.165, 1.54) is 50.2 Å². The second-order valence-corrected chi connectivity index (χ2v) is 9.59. The molecule has 1 unspecified atom stereocenters. The highest BCUT2D eigenvalue weighted by Crippen LogP contribution is 2.57. The Balaban J connectivity index is 1.62. The first-order valence-electron chi connectivity index (χ1n) is 11.0. The predicted octanol–water partition coefficient (Wildman–Crippen LogP) is 6.11. The summed E-state index contributed by atoms with van der Waals surface area (Å²) in [5.41, 5.74) is 16.1. The molecule has 0 saturated carbocycles. The average Bonchev–Trinajstić information content (AvgIpc) is 3.28. The lowest BCUT2D eigenvalue weighted by Crippen LogP contribution is -2.59. The summed E-state index contributed by atoms with van der Waals surface area (Å²) in [5, 5.41) is 0. The van der Waals surface area contributed by atoms with Crippen LogP contribution in [0.1, 0.15) is 58.8 Å². The topological polar surface area (TPSA) is 3.88 Å². The molecule has 0 radical (unpaired) electrons. The SMILES string of the molecule is Cc1ccc2c3c1C(C)(C)[n+]1ccccc1C3c1c-2ccc2c1Cc1ccccc1-2. The van der Waals surface area contributed by atoms with Gasteiger partial charge in [-0.05, 0) is 63.4 Å². The third-order valence-electron chi connectivity index (χ3n) is 7.75. The quantitative estimate of drug-likeness (QED) is 0.277. The van der Waals surface area contributed by atoms with Gasteiger partial charge < -0.3 is 0 Å². The van der Waals surface area contributed by atoms with Gasteiger partial charge in [-0.1, -0.05) is 54.6 Å². The minimum Gasteiger partial charge on any atom is -0.192 e. The lowest BCUT2D eigenvalue weighted by molar-refractivity contribution is -0.756. The molecule has 0 N–H and O–H groups in total. The number of benzene rings is 3. The van der Waals surface area contributed by atoms with Gasteiger partial charge in [0.05, 0.1) is 5.92 Å². The molecule has 1 aliphatic heterocycles. The van der Waals surface area contributed by atoms with Crippen LogP contribution in [-0.4, -0.2) is 0 Å². The first-order valence-corrected chi connectivity index (χ1v) is 11.0. The van der Waals surface area contributed by atoms with Crippen LogP contribution in [0.2, 0.25) is 0 Å². The number of rotatable bonds is 0. The minimum absolute atomic E-state index is 0.0588. The Labute approximate surface area is 177 Å². The number of aryl methyl sites for hydroxylation is 1. The van der Waals surface area contributed by atoms with Gasteiger partial charge in [0.25, 0.3) is 0 Å². The highest BCUT2D eigenvalue weighted by molar-refractivity contribution is 5.90. The number of hydrogen-bond donors (Lipinski definition) is 0. The van der Waals surface area contributed by atoms with Gasteiger partial charge in [0.2, 0.25) is 0 Å². The van der Waals surface area contributed by atoms with E-state index in [2.05, 4.69) is 98.3 Å². The van der Waals surface area contributed by atoms with Gasteiger partial charge in [0, 0.05) is 31.5 Å². The standard InChI is InChI=1S/C29H24N/c1-17-11-12-22-21-14-13-20-19-9-5-4-8-18(19)16-23(20)25(21)27-24-10-6-7-15-30(24)29(2,3)28(17)26(22)27/h4-15,27H,16H2,1-3H3/q+1. The zero-order chi connectivity index (χ0) is 20.2. The van der Waals surface area contributed by atoms with E-state index < -0.39 is 0 Å². The maximum atomic E-state index is 2.52. The summed E-state index contributed by atoms with van der Waals surface area (Å²) < 4.78 is 2.52. The fraction of sp³-hybridized carbons (Fsp3) is 0.207. The second kappa shape index (κ2) is 5.29. The largest absolute Gasteiger partial charge is 0.194 e. The van der Waals surface area contributed by atoms with Crippen molar-refractivity contribution >= 4 is 0 Å². The summed E-state index contributed by atoms with van der Waals surface area (Å²) in [6, 6.07) is 25.1. The molecule has 1 aromatic heterocycles. The molecule has 1 atom stereocenters. The first-order chi connectivity index (χ1) is 14.6. The summed E-state index contributed by atoms with van der Waals surface area (Å²) in [5.74, 6) is 0.323. The molecule has 0 bridgehead atoms. The Kier molecular flexibility index (Phi) is 2.92. The van der Waals surface area contributed by atoms with Gasteiger partial charge in [-0.15, -0.1) is 0 Å². The number of pyridine rings is 1. The van der Waals surface area contributed by atoms with E-state index in [4.69, 9.17) is 0 Å². The molecule has 0 fully saturated rings. The maximum absolute atomic E-state index is 2.52. The van der Waals surface area contributed by atoms with Crippen LogP contribution in [-0.2, 0) is 12.0 Å². The van der Waals surface area contributed by atoms with Crippen LogP contribution in [0.15, 0.2) is 72.9 Å². The molecule has 7 rings (SSSR count). The zero-order valence-corrected chi connectivity index (χ0v) is 17.7. The van der Waals surface area contributed by atoms with Crippen molar-refractivity contribution in [3.8, 4) is 22.3 Å². The first kappa shape index (κ1) is 16.6. The Morgan fingerprint density at radius 3 is 2.40 bits per heavy atom. The summed E-state index contributed by atoms with van der Waals surface area (Å²) in [4.78, 5) is 0. The van der Waals surface area contributed by atoms with Gasteiger partial charge in [0.1, 0.15) is 0 Å². The van der Waals surface area contributed by atoms with E-state index in [9.17, 15) is 0 Å². The van der Waals surface area contributed by atoms with Gasteiger partial charge in [-0.25, -0.2) is 0 Å². The smallest absolute Gasteiger partial charge is 0.192 e. The van der Waals surface area contributed by atoms with Gasteiger partial charge in [-0.3, -0.25) is 0 Å². The van der Waals surface area contributed by atoms with Crippen LogP contribution < -0.4 is 4.57 Å². The van der Waals surface area contributed by atoms with Crippen LogP contribution in [0.3, 0.4) is 0 Å². The molecule has 4 aromatic rings. The highest BCUT2D eigenvalue weighted by Gasteiger charge is 2.50. The Morgan fingerprint density at radius 1 is 0.767 bits per heavy atom. The summed E-state index contributed by atoms with van der Waals surface area (Å²) in [7, 11) is 0. The number of hydrogen-bond acceptors (Lipinski definition) is 0. The molecule has 3 aromatic carbocycles. The summed E-state index contributed by atoms with van der Waals surface area (Å²) >= 11 is 0. The third-order valence-corrected chi connectivity index (χ3v) is 7.75. The Morgan fingerprint density at radius 2 is 1.50 bits per heavy atom. The van der Waals surface area contributed by atoms with E-state index in [0.717, 1.165) is 6.42 Å². The Bertz CT molecular complexity index is 1410. The van der Waals surface area contributed by atoms with E-state index in [1.807, 2.05) is 0 Å². The molecule has 30 heavy (non-hydrogen) atoms. The summed E-state index contributed by atoms with van der Waals surface area (Å²) in [6.45, 7) is 7.03. The lowest BCUT2D eigenvalue weighted by Gasteiger charge is -2.33. The zero-order valence-electron chi connectivity index (χ0n) is 17.7. The van der Waals surface area contributed by atoms with Crippen molar-refractivity contribution in [3.05, 3.63) is 112 Å². The fourth-order valence-corrected chi connectivity index (χ4v) is 6.64. The second-order valence-electron chi connectivity index (χ2n) is 9.59.